The number of carbonyl (C=O) groups excluding carboxylic acids is 3. The third-order valence-corrected chi connectivity index (χ3v) is 6.23. The Morgan fingerprint density at radius 3 is 2.45 bits per heavy atom. The number of nitrogens with zero attached hydrogens (tertiary/aromatic N) is 2. The average Bonchev–Trinajstić information content (AvgIpc) is 3.22. The Hall–Kier alpha value is -3.09. The van der Waals surface area contributed by atoms with E-state index in [1.165, 1.54) is 6.26 Å². The van der Waals surface area contributed by atoms with Crippen LogP contribution in [0.3, 0.4) is 0 Å². The summed E-state index contributed by atoms with van der Waals surface area (Å²) in [5.74, 6) is 0.136. The quantitative estimate of drug-likeness (QED) is 0.801. The molecule has 1 aromatic heterocycles. The van der Waals surface area contributed by atoms with Crippen molar-refractivity contribution in [1.29, 1.82) is 0 Å². The van der Waals surface area contributed by atoms with Crippen LogP contribution in [0.5, 0.6) is 0 Å². The van der Waals surface area contributed by atoms with Gasteiger partial charge in [0.05, 0.1) is 6.26 Å². The highest BCUT2D eigenvalue weighted by atomic mass is 16.3. The number of hydrogen-bond acceptors (Lipinski definition) is 4. The van der Waals surface area contributed by atoms with Crippen molar-refractivity contribution in [1.82, 2.24) is 15.1 Å². The molecular weight excluding hydrogens is 394 g/mol. The molecule has 1 N–H and O–H groups in total. The number of aryl methyl sites for hydroxylation is 1. The molecule has 7 nitrogen and oxygen atoms in total. The van der Waals surface area contributed by atoms with E-state index < -0.39 is 6.04 Å². The molecule has 3 amide bonds. The number of likely N-dealkylation sites (tertiary alicyclic amines) is 2. The standard InChI is InChI=1S/C24H29N3O4/c1-17-12-16-31-22(17)23(29)25-19-10-14-26(15-11-19)24(30)21(18-7-3-2-4-8-18)27-13-6-5-9-20(27)28/h2-4,7-8,12,16,19,21H,5-6,9-11,13-15H2,1H3,(H,25,29). The number of nitrogens with one attached hydrogen (secondary N) is 1. The minimum absolute atomic E-state index is 0.00663. The average molecular weight is 424 g/mol. The number of piperidine rings is 2. The number of hydrogen-bond donors (Lipinski definition) is 1. The first-order valence-corrected chi connectivity index (χ1v) is 11.0. The van der Waals surface area contributed by atoms with Gasteiger partial charge in [-0.2, -0.15) is 0 Å². The number of benzene rings is 1. The zero-order valence-electron chi connectivity index (χ0n) is 17.9. The lowest BCUT2D eigenvalue weighted by molar-refractivity contribution is -0.148. The van der Waals surface area contributed by atoms with Gasteiger partial charge in [-0.3, -0.25) is 14.4 Å². The van der Waals surface area contributed by atoms with Crippen LogP contribution in [0, 0.1) is 6.92 Å². The molecule has 3 heterocycles. The van der Waals surface area contributed by atoms with Gasteiger partial charge in [0.25, 0.3) is 5.91 Å². The van der Waals surface area contributed by atoms with Gasteiger partial charge >= 0.3 is 0 Å². The van der Waals surface area contributed by atoms with E-state index in [1.807, 2.05) is 42.2 Å². The SMILES string of the molecule is Cc1ccoc1C(=O)NC1CCN(C(=O)C(c2ccccc2)N2CCCCC2=O)CC1. The molecule has 0 aliphatic carbocycles. The van der Waals surface area contributed by atoms with Crippen molar-refractivity contribution in [3.8, 4) is 0 Å². The highest BCUT2D eigenvalue weighted by Crippen LogP contribution is 2.28. The molecule has 0 spiro atoms. The Balaban J connectivity index is 1.42. The van der Waals surface area contributed by atoms with E-state index in [1.54, 1.807) is 11.0 Å². The molecule has 2 aromatic rings. The minimum Gasteiger partial charge on any atom is -0.459 e. The second-order valence-corrected chi connectivity index (χ2v) is 8.36. The Labute approximate surface area is 182 Å². The summed E-state index contributed by atoms with van der Waals surface area (Å²) in [5, 5.41) is 3.02. The molecule has 4 rings (SSSR count). The van der Waals surface area contributed by atoms with Gasteiger partial charge in [0.15, 0.2) is 5.76 Å². The summed E-state index contributed by atoms with van der Waals surface area (Å²) in [6.45, 7) is 3.54. The van der Waals surface area contributed by atoms with Crippen molar-refractivity contribution in [2.24, 2.45) is 0 Å². The molecule has 1 aromatic carbocycles. The summed E-state index contributed by atoms with van der Waals surface area (Å²) >= 11 is 0. The van der Waals surface area contributed by atoms with Gasteiger partial charge in [-0.1, -0.05) is 30.3 Å². The Bertz CT molecular complexity index is 931. The Kier molecular flexibility index (Phi) is 6.39. The molecule has 2 saturated heterocycles. The minimum atomic E-state index is -0.578. The van der Waals surface area contributed by atoms with Crippen LogP contribution in [0.1, 0.15) is 59.8 Å². The fourth-order valence-corrected chi connectivity index (χ4v) is 4.46. The predicted molar refractivity (Wildman–Crippen MR) is 115 cm³/mol. The maximum atomic E-state index is 13.5. The molecule has 7 heteroatoms. The molecule has 31 heavy (non-hydrogen) atoms. The highest BCUT2D eigenvalue weighted by molar-refractivity contribution is 5.93. The topological polar surface area (TPSA) is 82.9 Å². The lowest BCUT2D eigenvalue weighted by atomic mass is 9.98. The second-order valence-electron chi connectivity index (χ2n) is 8.36. The van der Waals surface area contributed by atoms with Crippen LogP contribution in [0.15, 0.2) is 47.1 Å². The summed E-state index contributed by atoms with van der Waals surface area (Å²) in [6.07, 6.45) is 5.15. The summed E-state index contributed by atoms with van der Waals surface area (Å²) < 4.78 is 5.27. The van der Waals surface area contributed by atoms with Gasteiger partial charge < -0.3 is 19.5 Å². The van der Waals surface area contributed by atoms with Crippen LogP contribution in [-0.2, 0) is 9.59 Å². The van der Waals surface area contributed by atoms with Crippen molar-refractivity contribution in [3.05, 3.63) is 59.5 Å². The van der Waals surface area contributed by atoms with Crippen LogP contribution in [-0.4, -0.2) is 53.2 Å². The number of furan rings is 1. The van der Waals surface area contributed by atoms with Gasteiger partial charge in [-0.25, -0.2) is 0 Å². The fourth-order valence-electron chi connectivity index (χ4n) is 4.46. The van der Waals surface area contributed by atoms with Crippen molar-refractivity contribution >= 4 is 17.7 Å². The summed E-state index contributed by atoms with van der Waals surface area (Å²) in [6, 6.07) is 10.7. The van der Waals surface area contributed by atoms with Crippen LogP contribution in [0.4, 0.5) is 0 Å². The van der Waals surface area contributed by atoms with E-state index in [4.69, 9.17) is 4.42 Å². The number of carbonyl (C=O) groups is 3. The summed E-state index contributed by atoms with van der Waals surface area (Å²) in [5.41, 5.74) is 1.66. The normalized spacial score (nSPS) is 18.7. The molecule has 0 bridgehead atoms. The van der Waals surface area contributed by atoms with E-state index in [0.717, 1.165) is 24.0 Å². The van der Waals surface area contributed by atoms with Crippen LogP contribution in [0.2, 0.25) is 0 Å². The van der Waals surface area contributed by atoms with E-state index in [9.17, 15) is 14.4 Å². The number of rotatable bonds is 5. The lowest BCUT2D eigenvalue weighted by Gasteiger charge is -2.39. The van der Waals surface area contributed by atoms with E-state index >= 15 is 0 Å². The van der Waals surface area contributed by atoms with Crippen molar-refractivity contribution in [2.75, 3.05) is 19.6 Å². The molecule has 0 radical (unpaired) electrons. The summed E-state index contributed by atoms with van der Waals surface area (Å²) in [4.78, 5) is 42.1. The molecule has 2 aliphatic rings. The third-order valence-electron chi connectivity index (χ3n) is 6.23. The zero-order chi connectivity index (χ0) is 21.8. The van der Waals surface area contributed by atoms with E-state index in [0.29, 0.717) is 44.7 Å². The van der Waals surface area contributed by atoms with Gasteiger partial charge in [0.1, 0.15) is 6.04 Å². The smallest absolute Gasteiger partial charge is 0.287 e. The maximum absolute atomic E-state index is 13.5. The zero-order valence-corrected chi connectivity index (χ0v) is 17.9. The van der Waals surface area contributed by atoms with Gasteiger partial charge in [0, 0.05) is 37.7 Å². The van der Waals surface area contributed by atoms with Gasteiger partial charge in [-0.05, 0) is 44.2 Å². The monoisotopic (exact) mass is 423 g/mol. The largest absolute Gasteiger partial charge is 0.459 e. The predicted octanol–water partition coefficient (Wildman–Crippen LogP) is 3.06. The van der Waals surface area contributed by atoms with Crippen LogP contribution >= 0.6 is 0 Å². The van der Waals surface area contributed by atoms with E-state index in [-0.39, 0.29) is 23.8 Å². The van der Waals surface area contributed by atoms with Crippen LogP contribution < -0.4 is 5.32 Å². The lowest BCUT2D eigenvalue weighted by Crippen LogP contribution is -2.51. The fraction of sp³-hybridized carbons (Fsp3) is 0.458. The molecule has 0 saturated carbocycles. The van der Waals surface area contributed by atoms with Crippen molar-refractivity contribution in [2.45, 2.75) is 51.1 Å². The Morgan fingerprint density at radius 2 is 1.81 bits per heavy atom. The first kappa shape index (κ1) is 21.2. The van der Waals surface area contributed by atoms with Gasteiger partial charge in [-0.15, -0.1) is 0 Å². The van der Waals surface area contributed by atoms with Crippen LogP contribution in [0.25, 0.3) is 0 Å². The molecule has 1 unspecified atom stereocenters. The summed E-state index contributed by atoms with van der Waals surface area (Å²) in [7, 11) is 0. The molecule has 2 aliphatic heterocycles. The molecule has 2 fully saturated rings. The molecule has 1 atom stereocenters. The third kappa shape index (κ3) is 4.65. The first-order chi connectivity index (χ1) is 15.0. The molecular formula is C24H29N3O4. The second kappa shape index (κ2) is 9.37. The van der Waals surface area contributed by atoms with E-state index in [2.05, 4.69) is 5.32 Å². The Morgan fingerprint density at radius 1 is 1.06 bits per heavy atom. The molecule has 164 valence electrons. The van der Waals surface area contributed by atoms with Gasteiger partial charge in [0.2, 0.25) is 11.8 Å². The number of amides is 3. The first-order valence-electron chi connectivity index (χ1n) is 11.0. The van der Waals surface area contributed by atoms with Crippen molar-refractivity contribution in [3.63, 3.8) is 0 Å². The highest BCUT2D eigenvalue weighted by Gasteiger charge is 2.36. The maximum Gasteiger partial charge on any atom is 0.287 e. The van der Waals surface area contributed by atoms with Crippen molar-refractivity contribution < 1.29 is 18.8 Å².